The molecule has 19 heavy (non-hydrogen) atoms. The summed E-state index contributed by atoms with van der Waals surface area (Å²) in [5, 5.41) is 8.18. The molecular weight excluding hydrogens is 240 g/mol. The molecule has 1 saturated heterocycles. The fourth-order valence-electron chi connectivity index (χ4n) is 2.08. The van der Waals surface area contributed by atoms with Gasteiger partial charge in [-0.2, -0.15) is 0 Å². The smallest absolute Gasteiger partial charge is 0.306 e. The number of pyridine rings is 1. The number of rotatable bonds is 3. The van der Waals surface area contributed by atoms with Gasteiger partial charge >= 0.3 is 5.97 Å². The van der Waals surface area contributed by atoms with Gasteiger partial charge in [-0.05, 0) is 44.5 Å². The summed E-state index contributed by atoms with van der Waals surface area (Å²) in [7, 11) is 2.19. The van der Waals surface area contributed by atoms with Crippen LogP contribution in [-0.4, -0.2) is 34.6 Å². The second-order valence-corrected chi connectivity index (χ2v) is 5.07. The van der Waals surface area contributed by atoms with Crippen molar-refractivity contribution in [3.63, 3.8) is 0 Å². The zero-order chi connectivity index (χ0) is 14.3. The number of carboxylic acids is 1. The van der Waals surface area contributed by atoms with E-state index in [0.717, 1.165) is 6.42 Å². The van der Waals surface area contributed by atoms with E-state index in [1.807, 2.05) is 25.4 Å². The average Bonchev–Trinajstić information content (AvgIpc) is 2.85. The van der Waals surface area contributed by atoms with E-state index >= 15 is 0 Å². The zero-order valence-electron chi connectivity index (χ0n) is 12.0. The van der Waals surface area contributed by atoms with Crippen molar-refractivity contribution in [2.24, 2.45) is 5.92 Å². The molecule has 2 atom stereocenters. The molecule has 1 aromatic rings. The molecule has 0 amide bonds. The van der Waals surface area contributed by atoms with Crippen LogP contribution >= 0.6 is 0 Å². The van der Waals surface area contributed by atoms with Gasteiger partial charge in [-0.15, -0.1) is 0 Å². The van der Waals surface area contributed by atoms with E-state index in [4.69, 9.17) is 5.11 Å². The standard InChI is InChI=1S/C10H14N2.C5H10O2/c1-12-7-3-5-10(12)9-4-2-6-11-8-9;1-3-4(2)5(6)7/h2,4,6,8,10H,3,5,7H2,1H3;4H,3H2,1-2H3,(H,6,7)/t10-;/m0./s1. The highest BCUT2D eigenvalue weighted by Crippen LogP contribution is 2.29. The lowest BCUT2D eigenvalue weighted by atomic mass is 10.1. The highest BCUT2D eigenvalue weighted by molar-refractivity contribution is 5.69. The van der Waals surface area contributed by atoms with Gasteiger partial charge in [0.25, 0.3) is 0 Å². The van der Waals surface area contributed by atoms with Crippen molar-refractivity contribution in [1.82, 2.24) is 9.88 Å². The van der Waals surface area contributed by atoms with E-state index in [1.165, 1.54) is 24.9 Å². The Labute approximate surface area is 115 Å². The molecule has 1 aliphatic heterocycles. The van der Waals surface area contributed by atoms with E-state index in [9.17, 15) is 4.79 Å². The fraction of sp³-hybridized carbons (Fsp3) is 0.600. The number of nitrogens with zero attached hydrogens (tertiary/aromatic N) is 2. The second kappa shape index (κ2) is 7.89. The van der Waals surface area contributed by atoms with Gasteiger partial charge in [-0.1, -0.05) is 19.9 Å². The molecule has 0 spiro atoms. The maximum absolute atomic E-state index is 9.93. The molecular formula is C15H24N2O2. The average molecular weight is 264 g/mol. The van der Waals surface area contributed by atoms with Gasteiger partial charge in [0.1, 0.15) is 0 Å². The first-order valence-electron chi connectivity index (χ1n) is 6.89. The van der Waals surface area contributed by atoms with Crippen LogP contribution in [0.3, 0.4) is 0 Å². The molecule has 0 saturated carbocycles. The molecule has 0 aliphatic carbocycles. The van der Waals surface area contributed by atoms with Gasteiger partial charge in [0, 0.05) is 18.4 Å². The van der Waals surface area contributed by atoms with Crippen molar-refractivity contribution in [2.45, 2.75) is 39.2 Å². The molecule has 0 bridgehead atoms. The van der Waals surface area contributed by atoms with Crippen LogP contribution in [0.15, 0.2) is 24.5 Å². The highest BCUT2D eigenvalue weighted by Gasteiger charge is 2.21. The first kappa shape index (κ1) is 15.6. The van der Waals surface area contributed by atoms with Crippen LogP contribution in [0.5, 0.6) is 0 Å². The summed E-state index contributed by atoms with van der Waals surface area (Å²) in [4.78, 5) is 16.5. The Kier molecular flexibility index (Phi) is 6.50. The topological polar surface area (TPSA) is 53.4 Å². The molecule has 4 heteroatoms. The number of aliphatic carboxylic acids is 1. The summed E-state index contributed by atoms with van der Waals surface area (Å²) in [6.07, 6.45) is 7.12. The fourth-order valence-corrected chi connectivity index (χ4v) is 2.08. The lowest BCUT2D eigenvalue weighted by molar-refractivity contribution is -0.141. The highest BCUT2D eigenvalue weighted by atomic mass is 16.4. The summed E-state index contributed by atoms with van der Waals surface area (Å²) in [5.41, 5.74) is 1.36. The van der Waals surface area contributed by atoms with Crippen LogP contribution in [0.25, 0.3) is 0 Å². The normalized spacial score (nSPS) is 20.5. The molecule has 1 fully saturated rings. The van der Waals surface area contributed by atoms with Crippen LogP contribution in [0.1, 0.15) is 44.7 Å². The molecule has 1 aliphatic rings. The van der Waals surface area contributed by atoms with Crippen molar-refractivity contribution in [3.8, 4) is 0 Å². The maximum Gasteiger partial charge on any atom is 0.306 e. The monoisotopic (exact) mass is 264 g/mol. The SMILES string of the molecule is CCC(C)C(=O)O.CN1CCC[C@H]1c1cccnc1. The summed E-state index contributed by atoms with van der Waals surface area (Å²) < 4.78 is 0. The molecule has 1 aromatic heterocycles. The van der Waals surface area contributed by atoms with Crippen LogP contribution in [-0.2, 0) is 4.79 Å². The molecule has 4 nitrogen and oxygen atoms in total. The largest absolute Gasteiger partial charge is 0.481 e. The lowest BCUT2D eigenvalue weighted by Gasteiger charge is -2.18. The van der Waals surface area contributed by atoms with Crippen LogP contribution < -0.4 is 0 Å². The predicted molar refractivity (Wildman–Crippen MR) is 75.9 cm³/mol. The van der Waals surface area contributed by atoms with E-state index < -0.39 is 5.97 Å². The first-order chi connectivity index (χ1) is 9.06. The Morgan fingerprint density at radius 1 is 1.63 bits per heavy atom. The van der Waals surface area contributed by atoms with Crippen LogP contribution in [0.2, 0.25) is 0 Å². The summed E-state index contributed by atoms with van der Waals surface area (Å²) in [5.74, 6) is -0.887. The van der Waals surface area contributed by atoms with Gasteiger partial charge in [0.2, 0.25) is 0 Å². The van der Waals surface area contributed by atoms with Gasteiger partial charge in [-0.25, -0.2) is 0 Å². The van der Waals surface area contributed by atoms with Crippen molar-refractivity contribution < 1.29 is 9.90 Å². The van der Waals surface area contributed by atoms with Crippen molar-refractivity contribution in [3.05, 3.63) is 30.1 Å². The molecule has 1 N–H and O–H groups in total. The van der Waals surface area contributed by atoms with Crippen LogP contribution in [0.4, 0.5) is 0 Å². The van der Waals surface area contributed by atoms with Crippen molar-refractivity contribution in [1.29, 1.82) is 0 Å². The molecule has 2 heterocycles. The number of carboxylic acid groups (broad SMARTS) is 1. The molecule has 0 aromatic carbocycles. The van der Waals surface area contributed by atoms with Gasteiger partial charge in [0.05, 0.1) is 5.92 Å². The predicted octanol–water partition coefficient (Wildman–Crippen LogP) is 2.97. The summed E-state index contributed by atoms with van der Waals surface area (Å²) in [6, 6.07) is 4.79. The molecule has 2 rings (SSSR count). The Balaban J connectivity index is 0.000000224. The van der Waals surface area contributed by atoms with E-state index in [2.05, 4.69) is 23.0 Å². The van der Waals surface area contributed by atoms with Gasteiger partial charge in [-0.3, -0.25) is 14.7 Å². The summed E-state index contributed by atoms with van der Waals surface area (Å²) in [6.45, 7) is 4.78. The number of likely N-dealkylation sites (tertiary alicyclic amines) is 1. The number of hydrogen-bond acceptors (Lipinski definition) is 3. The Bertz CT molecular complexity index is 381. The third-order valence-electron chi connectivity index (χ3n) is 3.62. The Morgan fingerprint density at radius 2 is 2.37 bits per heavy atom. The van der Waals surface area contributed by atoms with Gasteiger partial charge < -0.3 is 5.11 Å². The van der Waals surface area contributed by atoms with Crippen LogP contribution in [0, 0.1) is 5.92 Å². The van der Waals surface area contributed by atoms with E-state index in [-0.39, 0.29) is 5.92 Å². The minimum absolute atomic E-state index is 0.181. The maximum atomic E-state index is 9.93. The second-order valence-electron chi connectivity index (χ2n) is 5.07. The third kappa shape index (κ3) is 4.99. The molecule has 0 radical (unpaired) electrons. The molecule has 106 valence electrons. The Morgan fingerprint density at radius 3 is 2.74 bits per heavy atom. The quantitative estimate of drug-likeness (QED) is 0.912. The molecule has 1 unspecified atom stereocenters. The number of carbonyl (C=O) groups is 1. The van der Waals surface area contributed by atoms with Crippen molar-refractivity contribution >= 4 is 5.97 Å². The van der Waals surface area contributed by atoms with E-state index in [0.29, 0.717) is 6.04 Å². The Hall–Kier alpha value is -1.42. The van der Waals surface area contributed by atoms with Crippen molar-refractivity contribution in [2.75, 3.05) is 13.6 Å². The third-order valence-corrected chi connectivity index (χ3v) is 3.62. The summed E-state index contributed by atoms with van der Waals surface area (Å²) >= 11 is 0. The number of aromatic nitrogens is 1. The number of hydrogen-bond donors (Lipinski definition) is 1. The van der Waals surface area contributed by atoms with Gasteiger partial charge in [0.15, 0.2) is 0 Å². The zero-order valence-corrected chi connectivity index (χ0v) is 12.0. The minimum atomic E-state index is -0.706. The lowest BCUT2D eigenvalue weighted by Crippen LogP contribution is -2.17. The first-order valence-corrected chi connectivity index (χ1v) is 6.89. The van der Waals surface area contributed by atoms with E-state index in [1.54, 1.807) is 6.92 Å². The minimum Gasteiger partial charge on any atom is -0.481 e.